The molecule has 0 aliphatic carbocycles. The molecule has 3 aromatic rings. The Hall–Kier alpha value is -3.51. The fourth-order valence-corrected chi connectivity index (χ4v) is 5.58. The maximum Gasteiger partial charge on any atom is 0.418 e. The van der Waals surface area contributed by atoms with Gasteiger partial charge in [0.25, 0.3) is 0 Å². The van der Waals surface area contributed by atoms with Crippen molar-refractivity contribution in [1.82, 2.24) is 13.9 Å². The minimum absolute atomic E-state index is 0.192. The molecule has 0 unspecified atom stereocenters. The molecule has 0 atom stereocenters. The molecule has 2 fully saturated rings. The molecule has 9 nitrogen and oxygen atoms in total. The Morgan fingerprint density at radius 2 is 1.90 bits per heavy atom. The highest BCUT2D eigenvalue weighted by molar-refractivity contribution is 5.59. The number of alkyl halides is 3. The number of ether oxygens (including phenoxy) is 2. The maximum atomic E-state index is 14.2. The van der Waals surface area contributed by atoms with Crippen molar-refractivity contribution < 1.29 is 27.2 Å². The predicted molar refractivity (Wildman–Crippen MR) is 137 cm³/mol. The first kappa shape index (κ1) is 25.8. The highest BCUT2D eigenvalue weighted by atomic mass is 19.4. The van der Waals surface area contributed by atoms with E-state index in [1.807, 2.05) is 23.8 Å². The highest BCUT2D eigenvalue weighted by Crippen LogP contribution is 2.42. The van der Waals surface area contributed by atoms with Gasteiger partial charge in [-0.2, -0.15) is 13.2 Å². The van der Waals surface area contributed by atoms with E-state index in [9.17, 15) is 18.0 Å². The molecule has 39 heavy (non-hydrogen) atoms. The monoisotopic (exact) mass is 542 g/mol. The van der Waals surface area contributed by atoms with Gasteiger partial charge in [-0.3, -0.25) is 13.9 Å². The molecule has 2 aromatic heterocycles. The third-order valence-corrected chi connectivity index (χ3v) is 7.81. The molecule has 0 N–H and O–H groups in total. The van der Waals surface area contributed by atoms with Crippen molar-refractivity contribution >= 4 is 11.9 Å². The fourth-order valence-electron chi connectivity index (χ4n) is 5.58. The largest absolute Gasteiger partial charge is 0.497 e. The van der Waals surface area contributed by atoms with Crippen molar-refractivity contribution in [2.45, 2.75) is 37.4 Å². The first-order valence-electron chi connectivity index (χ1n) is 12.8. The quantitative estimate of drug-likeness (QED) is 0.423. The van der Waals surface area contributed by atoms with Gasteiger partial charge in [0.15, 0.2) is 0 Å². The summed E-state index contributed by atoms with van der Waals surface area (Å²) in [6.07, 6.45) is 3.15. The molecule has 12 heteroatoms. The average Bonchev–Trinajstić information content (AvgIpc) is 3.61. The van der Waals surface area contributed by atoms with E-state index in [-0.39, 0.29) is 5.52 Å². The fraction of sp³-hybridized carbons (Fsp3) is 0.444. The predicted octanol–water partition coefficient (Wildman–Crippen LogP) is 4.00. The molecule has 6 rings (SSSR count). The van der Waals surface area contributed by atoms with E-state index in [1.54, 1.807) is 12.4 Å². The third kappa shape index (κ3) is 4.65. The molecule has 1 aromatic carbocycles. The van der Waals surface area contributed by atoms with E-state index >= 15 is 0 Å². The van der Waals surface area contributed by atoms with E-state index in [2.05, 4.69) is 15.1 Å². The summed E-state index contributed by atoms with van der Waals surface area (Å²) in [6, 6.07) is 6.51. The van der Waals surface area contributed by atoms with Crippen molar-refractivity contribution in [3.8, 4) is 11.4 Å². The number of hydrogen-bond donors (Lipinski definition) is 0. The number of imidazole rings is 1. The summed E-state index contributed by atoms with van der Waals surface area (Å²) in [4.78, 5) is 15.7. The van der Waals surface area contributed by atoms with Gasteiger partial charge in [-0.05, 0) is 60.4 Å². The third-order valence-electron chi connectivity index (χ3n) is 7.81. The van der Waals surface area contributed by atoms with Gasteiger partial charge >= 0.3 is 24.4 Å². The number of nitrogens with zero attached hydrogens (tertiary/aromatic N) is 6. The molecule has 0 bridgehead atoms. The first-order valence-corrected chi connectivity index (χ1v) is 12.8. The van der Waals surface area contributed by atoms with E-state index in [1.165, 1.54) is 24.1 Å². The zero-order chi connectivity index (χ0) is 27.4. The minimum atomic E-state index is -4.62. The van der Waals surface area contributed by atoms with E-state index < -0.39 is 22.8 Å². The lowest BCUT2D eigenvalue weighted by atomic mass is 9.74. The molecule has 0 saturated carbocycles. The van der Waals surface area contributed by atoms with Gasteiger partial charge in [0.05, 0.1) is 49.3 Å². The summed E-state index contributed by atoms with van der Waals surface area (Å²) in [5, 5.41) is 8.17. The number of likely N-dealkylation sites (tertiary alicyclic amines) is 1. The van der Waals surface area contributed by atoms with Gasteiger partial charge in [0.2, 0.25) is 0 Å². The van der Waals surface area contributed by atoms with E-state index in [0.717, 1.165) is 48.1 Å². The zero-order valence-corrected chi connectivity index (χ0v) is 21.7. The Bertz CT molecular complexity index is 1530. The summed E-state index contributed by atoms with van der Waals surface area (Å²) < 4.78 is 57.9. The molecule has 1 radical (unpaired) electrons. The van der Waals surface area contributed by atoms with Crippen LogP contribution < -0.4 is 10.4 Å². The number of hydrogen-bond acceptors (Lipinski definition) is 6. The molecule has 3 aliphatic rings. The Morgan fingerprint density at radius 1 is 1.13 bits per heavy atom. The van der Waals surface area contributed by atoms with Crippen molar-refractivity contribution in [3.05, 3.63) is 70.0 Å². The Balaban J connectivity index is 1.45. The van der Waals surface area contributed by atoms with Gasteiger partial charge in [-0.15, -0.1) is 0 Å². The van der Waals surface area contributed by atoms with Crippen molar-refractivity contribution in [2.24, 2.45) is 10.2 Å². The highest BCUT2D eigenvalue weighted by Gasteiger charge is 2.46. The van der Waals surface area contributed by atoms with Gasteiger partial charge in [0.1, 0.15) is 5.75 Å². The number of benzene rings is 1. The molecular weight excluding hydrogens is 513 g/mol. The van der Waals surface area contributed by atoms with Crippen LogP contribution in [-0.2, 0) is 22.9 Å². The second-order valence-electron chi connectivity index (χ2n) is 10.5. The minimum Gasteiger partial charge on any atom is -0.497 e. The number of azo groups is 1. The molecule has 5 heterocycles. The van der Waals surface area contributed by atoms with Crippen LogP contribution in [0.2, 0.25) is 0 Å². The van der Waals surface area contributed by atoms with Gasteiger partial charge < -0.3 is 9.47 Å². The normalized spacial score (nSPS) is 19.6. The van der Waals surface area contributed by atoms with Crippen molar-refractivity contribution in [2.75, 3.05) is 40.5 Å². The van der Waals surface area contributed by atoms with Gasteiger partial charge in [0, 0.05) is 36.8 Å². The number of aromatic nitrogens is 2. The lowest BCUT2D eigenvalue weighted by molar-refractivity contribution is -0.478. The van der Waals surface area contributed by atoms with Crippen LogP contribution in [0, 0.1) is 6.17 Å². The average molecular weight is 543 g/mol. The van der Waals surface area contributed by atoms with Crippen LogP contribution in [-0.4, -0.2) is 65.2 Å². The Labute approximate surface area is 222 Å². The van der Waals surface area contributed by atoms with E-state index in [0.29, 0.717) is 43.2 Å². The summed E-state index contributed by atoms with van der Waals surface area (Å²) in [5.41, 5.74) is -0.322. The van der Waals surface area contributed by atoms with Crippen LogP contribution in [0.3, 0.4) is 0 Å². The van der Waals surface area contributed by atoms with Crippen LogP contribution in [0.25, 0.3) is 11.2 Å². The van der Waals surface area contributed by atoms with Gasteiger partial charge in [-0.25, -0.2) is 9.37 Å². The lowest BCUT2D eigenvalue weighted by Gasteiger charge is -2.42. The van der Waals surface area contributed by atoms with Gasteiger partial charge in [-0.1, -0.05) is 0 Å². The topological polar surface area (TPSA) is 75.8 Å². The van der Waals surface area contributed by atoms with Crippen molar-refractivity contribution in [3.63, 3.8) is 0 Å². The summed E-state index contributed by atoms with van der Waals surface area (Å²) in [7, 11) is 3.38. The summed E-state index contributed by atoms with van der Waals surface area (Å²) >= 11 is 0. The number of rotatable bonds is 7. The first-order chi connectivity index (χ1) is 18.7. The second kappa shape index (κ2) is 9.60. The molecule has 2 saturated heterocycles. The van der Waals surface area contributed by atoms with Crippen LogP contribution in [0.4, 0.5) is 13.2 Å². The van der Waals surface area contributed by atoms with Crippen LogP contribution in [0.15, 0.2) is 51.7 Å². The Morgan fingerprint density at radius 3 is 2.51 bits per heavy atom. The molecule has 0 amide bonds. The summed E-state index contributed by atoms with van der Waals surface area (Å²) in [6.45, 7) is 2.89. The lowest BCUT2D eigenvalue weighted by Crippen LogP contribution is -2.48. The standard InChI is InChI=1S/C27H29F3N6O3/c1-33-17-31-32-24(33)11-26(15-39-16-26)19-8-20(10-21(9-19)38-2)35-14-23-22(27(28,29)30)7-18(13-36(23)25(35)37)12-34-5-3-4-6-34/h7-10,13-14,17H,3-6,11-12,15-16H2,1-2H3/q+1. The molecular formula is C27H29F3N6O3+. The van der Waals surface area contributed by atoms with Crippen LogP contribution >= 0.6 is 0 Å². The van der Waals surface area contributed by atoms with Crippen LogP contribution in [0.1, 0.15) is 36.0 Å². The number of pyridine rings is 1. The smallest absolute Gasteiger partial charge is 0.418 e. The van der Waals surface area contributed by atoms with E-state index in [4.69, 9.17) is 9.47 Å². The molecule has 3 aliphatic heterocycles. The second-order valence-corrected chi connectivity index (χ2v) is 10.5. The van der Waals surface area contributed by atoms with Crippen LogP contribution in [0.5, 0.6) is 5.75 Å². The summed E-state index contributed by atoms with van der Waals surface area (Å²) in [5.74, 6) is 0.486. The number of halogens is 3. The number of fused-ring (bicyclic) bond motifs is 1. The SMILES string of the molecule is COc1cc(-n2cc3c(C(F)(F)F)cc(CN4CCCC4)cn3c2=O)cc(C2(C[C]3N=NC=[N+]3C)COC2)c1. The molecule has 205 valence electrons. The Kier molecular flexibility index (Phi) is 6.34. The maximum absolute atomic E-state index is 14.2. The number of methoxy groups -OCH3 is 1. The zero-order valence-electron chi connectivity index (χ0n) is 21.7. The molecule has 0 spiro atoms. The van der Waals surface area contributed by atoms with Crippen molar-refractivity contribution in [1.29, 1.82) is 0 Å².